The number of aromatic hydroxyl groups is 1. The van der Waals surface area contributed by atoms with Gasteiger partial charge in [-0.3, -0.25) is 4.79 Å². The number of hydrogen-bond acceptors (Lipinski definition) is 3. The van der Waals surface area contributed by atoms with Crippen molar-refractivity contribution in [1.82, 2.24) is 4.90 Å². The highest BCUT2D eigenvalue weighted by molar-refractivity contribution is 5.79. The highest BCUT2D eigenvalue weighted by atomic mass is 19.1. The van der Waals surface area contributed by atoms with E-state index in [0.29, 0.717) is 25.1 Å². The zero-order chi connectivity index (χ0) is 17.8. The molecule has 1 aliphatic heterocycles. The first-order valence-corrected chi connectivity index (χ1v) is 8.22. The number of carbonyl (C=O) groups is 1. The number of benzene rings is 2. The fourth-order valence-electron chi connectivity index (χ4n) is 2.96. The molecule has 2 aromatic carbocycles. The summed E-state index contributed by atoms with van der Waals surface area (Å²) in [7, 11) is 0. The summed E-state index contributed by atoms with van der Waals surface area (Å²) in [6.07, 6.45) is 1.63. The van der Waals surface area contributed by atoms with Gasteiger partial charge in [0, 0.05) is 13.1 Å². The number of phenols is 1. The number of amides is 1. The van der Waals surface area contributed by atoms with Gasteiger partial charge in [0.15, 0.2) is 0 Å². The van der Waals surface area contributed by atoms with Crippen LogP contribution in [0.4, 0.5) is 4.39 Å². The lowest BCUT2D eigenvalue weighted by molar-refractivity contribution is -0.132. The molecule has 0 aromatic heterocycles. The minimum Gasteiger partial charge on any atom is -0.508 e. The van der Waals surface area contributed by atoms with Crippen LogP contribution < -0.4 is 0 Å². The summed E-state index contributed by atoms with van der Waals surface area (Å²) in [6, 6.07) is 12.7. The van der Waals surface area contributed by atoms with Crippen molar-refractivity contribution in [2.45, 2.75) is 18.9 Å². The van der Waals surface area contributed by atoms with Crippen LogP contribution >= 0.6 is 0 Å². The maximum absolute atomic E-state index is 13.2. The Labute approximate surface area is 145 Å². The van der Waals surface area contributed by atoms with Gasteiger partial charge in [0.2, 0.25) is 5.91 Å². The molecule has 0 radical (unpaired) electrons. The van der Waals surface area contributed by atoms with Gasteiger partial charge in [-0.25, -0.2) is 4.39 Å². The molecular weight excluding hydrogens is 321 g/mol. The molecule has 1 aliphatic rings. The summed E-state index contributed by atoms with van der Waals surface area (Å²) < 4.78 is 13.2. The van der Waals surface area contributed by atoms with E-state index in [1.807, 2.05) is 18.2 Å². The molecule has 1 heterocycles. The normalized spacial score (nSPS) is 15.6. The van der Waals surface area contributed by atoms with Gasteiger partial charge in [0.25, 0.3) is 0 Å². The van der Waals surface area contributed by atoms with E-state index in [1.165, 1.54) is 18.2 Å². The van der Waals surface area contributed by atoms with E-state index in [4.69, 9.17) is 0 Å². The molecule has 0 saturated heterocycles. The molecule has 0 aliphatic carbocycles. The Morgan fingerprint density at radius 1 is 1.20 bits per heavy atom. The monoisotopic (exact) mass is 341 g/mol. The summed E-state index contributed by atoms with van der Waals surface area (Å²) >= 11 is 0. The van der Waals surface area contributed by atoms with Gasteiger partial charge < -0.3 is 15.1 Å². The van der Waals surface area contributed by atoms with Crippen molar-refractivity contribution >= 4 is 11.5 Å². The first-order valence-electron chi connectivity index (χ1n) is 8.22. The second-order valence-corrected chi connectivity index (χ2v) is 6.14. The summed E-state index contributed by atoms with van der Waals surface area (Å²) in [5.41, 5.74) is 2.57. The smallest absolute Gasteiger partial charge is 0.225 e. The number of phenolic OH excluding ortho intramolecular Hbond substituents is 1. The third kappa shape index (κ3) is 4.25. The fourth-order valence-corrected chi connectivity index (χ4v) is 2.96. The molecule has 2 aromatic rings. The van der Waals surface area contributed by atoms with Crippen LogP contribution in [0.15, 0.2) is 54.6 Å². The van der Waals surface area contributed by atoms with Crippen molar-refractivity contribution < 1.29 is 19.4 Å². The molecule has 0 spiro atoms. The van der Waals surface area contributed by atoms with Gasteiger partial charge in [-0.15, -0.1) is 0 Å². The molecular formula is C20H20FNO3. The Morgan fingerprint density at radius 3 is 2.60 bits per heavy atom. The summed E-state index contributed by atoms with van der Waals surface area (Å²) in [5, 5.41) is 19.5. The molecule has 1 amide bonds. The summed E-state index contributed by atoms with van der Waals surface area (Å²) in [6.45, 7) is 1.05. The molecule has 0 fully saturated rings. The molecule has 130 valence electrons. The SMILES string of the molecule is O=C(CC(O)c1cccc(F)c1)N1CC=C(c2ccc(O)cc2)CC1. The minimum absolute atomic E-state index is 0.0637. The Hall–Kier alpha value is -2.66. The van der Waals surface area contributed by atoms with E-state index in [-0.39, 0.29) is 18.1 Å². The first kappa shape index (κ1) is 17.2. The van der Waals surface area contributed by atoms with Gasteiger partial charge in [-0.05, 0) is 47.4 Å². The molecule has 4 nitrogen and oxygen atoms in total. The van der Waals surface area contributed by atoms with Crippen LogP contribution in [-0.2, 0) is 4.79 Å². The Balaban J connectivity index is 1.60. The quantitative estimate of drug-likeness (QED) is 0.897. The van der Waals surface area contributed by atoms with Crippen molar-refractivity contribution in [3.8, 4) is 5.75 Å². The van der Waals surface area contributed by atoms with Gasteiger partial charge in [0.1, 0.15) is 11.6 Å². The van der Waals surface area contributed by atoms with Crippen molar-refractivity contribution in [3.63, 3.8) is 0 Å². The number of aliphatic hydroxyl groups excluding tert-OH is 1. The van der Waals surface area contributed by atoms with E-state index < -0.39 is 11.9 Å². The van der Waals surface area contributed by atoms with E-state index >= 15 is 0 Å². The van der Waals surface area contributed by atoms with Crippen molar-refractivity contribution in [1.29, 1.82) is 0 Å². The fraction of sp³-hybridized carbons (Fsp3) is 0.250. The van der Waals surface area contributed by atoms with Crippen molar-refractivity contribution in [2.75, 3.05) is 13.1 Å². The number of rotatable bonds is 4. The van der Waals surface area contributed by atoms with E-state index in [1.54, 1.807) is 23.1 Å². The van der Waals surface area contributed by atoms with E-state index in [2.05, 4.69) is 0 Å². The van der Waals surface area contributed by atoms with E-state index in [0.717, 1.165) is 11.1 Å². The number of aliphatic hydroxyl groups is 1. The first-order chi connectivity index (χ1) is 12.0. The molecule has 5 heteroatoms. The number of nitrogens with zero attached hydrogens (tertiary/aromatic N) is 1. The van der Waals surface area contributed by atoms with Crippen LogP contribution in [0.25, 0.3) is 5.57 Å². The maximum atomic E-state index is 13.2. The lowest BCUT2D eigenvalue weighted by atomic mass is 9.99. The van der Waals surface area contributed by atoms with Gasteiger partial charge in [-0.2, -0.15) is 0 Å². The number of halogens is 1. The molecule has 3 rings (SSSR count). The van der Waals surface area contributed by atoms with E-state index in [9.17, 15) is 19.4 Å². The van der Waals surface area contributed by atoms with Crippen LogP contribution in [0.2, 0.25) is 0 Å². The Morgan fingerprint density at radius 2 is 1.96 bits per heavy atom. The highest BCUT2D eigenvalue weighted by Gasteiger charge is 2.21. The largest absolute Gasteiger partial charge is 0.508 e. The van der Waals surface area contributed by atoms with Crippen LogP contribution in [0, 0.1) is 5.82 Å². The molecule has 1 atom stereocenters. The summed E-state index contributed by atoms with van der Waals surface area (Å²) in [4.78, 5) is 14.1. The number of carbonyl (C=O) groups excluding carboxylic acids is 1. The van der Waals surface area contributed by atoms with Crippen molar-refractivity contribution in [3.05, 3.63) is 71.6 Å². The van der Waals surface area contributed by atoms with Crippen LogP contribution in [0.3, 0.4) is 0 Å². The van der Waals surface area contributed by atoms with Crippen molar-refractivity contribution in [2.24, 2.45) is 0 Å². The van der Waals surface area contributed by atoms with Gasteiger partial charge in [0.05, 0.1) is 12.5 Å². The molecule has 25 heavy (non-hydrogen) atoms. The average Bonchev–Trinajstić information content (AvgIpc) is 2.62. The third-order valence-electron chi connectivity index (χ3n) is 4.40. The predicted octanol–water partition coefficient (Wildman–Crippen LogP) is 3.27. The Bertz CT molecular complexity index is 786. The summed E-state index contributed by atoms with van der Waals surface area (Å²) in [5.74, 6) is -0.357. The second kappa shape index (κ2) is 7.49. The predicted molar refractivity (Wildman–Crippen MR) is 93.3 cm³/mol. The van der Waals surface area contributed by atoms with Crippen LogP contribution in [0.1, 0.15) is 30.1 Å². The maximum Gasteiger partial charge on any atom is 0.225 e. The van der Waals surface area contributed by atoms with Gasteiger partial charge in [-0.1, -0.05) is 30.3 Å². The second-order valence-electron chi connectivity index (χ2n) is 6.14. The Kier molecular flexibility index (Phi) is 5.14. The van der Waals surface area contributed by atoms with Gasteiger partial charge >= 0.3 is 0 Å². The van der Waals surface area contributed by atoms with Crippen LogP contribution in [0.5, 0.6) is 5.75 Å². The number of hydrogen-bond donors (Lipinski definition) is 2. The minimum atomic E-state index is -1.01. The molecule has 1 unspecified atom stereocenters. The average molecular weight is 341 g/mol. The van der Waals surface area contributed by atoms with Crippen LogP contribution in [-0.4, -0.2) is 34.1 Å². The lowest BCUT2D eigenvalue weighted by Gasteiger charge is -2.27. The molecule has 0 saturated carbocycles. The zero-order valence-corrected chi connectivity index (χ0v) is 13.7. The highest BCUT2D eigenvalue weighted by Crippen LogP contribution is 2.25. The molecule has 0 bridgehead atoms. The standard InChI is InChI=1S/C20H20FNO3/c21-17-3-1-2-16(12-17)19(24)13-20(25)22-10-8-15(9-11-22)14-4-6-18(23)7-5-14/h1-8,12,19,23-24H,9-11,13H2. The zero-order valence-electron chi connectivity index (χ0n) is 13.7. The topological polar surface area (TPSA) is 60.8 Å². The molecule has 2 N–H and O–H groups in total. The third-order valence-corrected chi connectivity index (χ3v) is 4.40. The lowest BCUT2D eigenvalue weighted by Crippen LogP contribution is -2.35.